The van der Waals surface area contributed by atoms with Crippen LogP contribution in [-0.4, -0.2) is 43.6 Å². The lowest BCUT2D eigenvalue weighted by atomic mass is 9.71. The zero-order valence-corrected chi connectivity index (χ0v) is 19.1. The fourth-order valence-electron chi connectivity index (χ4n) is 6.46. The van der Waals surface area contributed by atoms with E-state index in [0.29, 0.717) is 22.7 Å². The summed E-state index contributed by atoms with van der Waals surface area (Å²) in [5.74, 6) is -0.109. The quantitative estimate of drug-likeness (QED) is 0.503. The largest absolute Gasteiger partial charge is 0.497 e. The number of methoxy groups -OCH3 is 2. The van der Waals surface area contributed by atoms with Crippen LogP contribution in [0.25, 0.3) is 0 Å². The van der Waals surface area contributed by atoms with Gasteiger partial charge in [-0.2, -0.15) is 0 Å². The van der Waals surface area contributed by atoms with Crippen molar-refractivity contribution in [3.63, 3.8) is 0 Å². The standard InChI is InChI=1S/C26H24N2O6/c1-12(29)13-4-6-14(7-5-13)28-25(30)20-17-11-18(21(20)26(28)31)24-22(17)23(27-34-24)16-9-8-15(32-2)10-19(16)33-3/h4-10,17-18,20-22,24H,11H2,1-3H3/t17-,18+,20-,21+,22-,24-/m1/s1. The van der Waals surface area contributed by atoms with Crippen molar-refractivity contribution >= 4 is 29.0 Å². The van der Waals surface area contributed by atoms with Gasteiger partial charge in [0.2, 0.25) is 11.8 Å². The average Bonchev–Trinajstić information content (AvgIpc) is 3.59. The predicted octanol–water partition coefficient (Wildman–Crippen LogP) is 3.08. The summed E-state index contributed by atoms with van der Waals surface area (Å²) in [6, 6.07) is 12.2. The number of oxime groups is 1. The molecule has 4 aliphatic rings. The fraction of sp³-hybridized carbons (Fsp3) is 0.385. The van der Waals surface area contributed by atoms with Crippen LogP contribution in [0.15, 0.2) is 47.6 Å². The highest BCUT2D eigenvalue weighted by atomic mass is 16.6. The van der Waals surface area contributed by atoms with Crippen LogP contribution in [0.1, 0.15) is 29.3 Å². The molecule has 3 fully saturated rings. The van der Waals surface area contributed by atoms with Crippen molar-refractivity contribution in [3.8, 4) is 11.5 Å². The molecule has 2 bridgehead atoms. The van der Waals surface area contributed by atoms with Crippen LogP contribution in [0.4, 0.5) is 5.69 Å². The maximum atomic E-state index is 13.6. The van der Waals surface area contributed by atoms with Gasteiger partial charge < -0.3 is 14.3 Å². The first-order valence-electron chi connectivity index (χ1n) is 11.4. The van der Waals surface area contributed by atoms with Gasteiger partial charge in [0.05, 0.1) is 37.5 Å². The third-order valence-corrected chi connectivity index (χ3v) is 7.91. The van der Waals surface area contributed by atoms with Crippen LogP contribution in [0.5, 0.6) is 11.5 Å². The van der Waals surface area contributed by atoms with Crippen molar-refractivity contribution in [1.82, 2.24) is 0 Å². The molecule has 2 aliphatic carbocycles. The fourth-order valence-corrected chi connectivity index (χ4v) is 6.46. The second kappa shape index (κ2) is 7.41. The molecule has 34 heavy (non-hydrogen) atoms. The van der Waals surface area contributed by atoms with Gasteiger partial charge in [0.1, 0.15) is 17.6 Å². The Hall–Kier alpha value is -3.68. The topological polar surface area (TPSA) is 94.5 Å². The van der Waals surface area contributed by atoms with E-state index < -0.39 is 11.8 Å². The van der Waals surface area contributed by atoms with Gasteiger partial charge in [0, 0.05) is 29.0 Å². The molecule has 0 spiro atoms. The van der Waals surface area contributed by atoms with Crippen LogP contribution >= 0.6 is 0 Å². The Morgan fingerprint density at radius 2 is 1.68 bits per heavy atom. The Morgan fingerprint density at radius 3 is 2.32 bits per heavy atom. The lowest BCUT2D eigenvalue weighted by Crippen LogP contribution is -2.41. The molecule has 0 aromatic heterocycles. The number of hydrogen-bond donors (Lipinski definition) is 0. The molecule has 2 heterocycles. The summed E-state index contributed by atoms with van der Waals surface area (Å²) in [6.45, 7) is 1.49. The number of hydrogen-bond acceptors (Lipinski definition) is 7. The van der Waals surface area contributed by atoms with Crippen molar-refractivity contribution in [2.45, 2.75) is 19.4 Å². The molecule has 6 rings (SSSR count). The van der Waals surface area contributed by atoms with Gasteiger partial charge in [-0.25, -0.2) is 0 Å². The van der Waals surface area contributed by atoms with Crippen LogP contribution < -0.4 is 14.4 Å². The Kier molecular flexibility index (Phi) is 4.56. The minimum atomic E-state index is -0.404. The molecule has 0 radical (unpaired) electrons. The molecular weight excluding hydrogens is 436 g/mol. The zero-order valence-electron chi connectivity index (χ0n) is 19.1. The van der Waals surface area contributed by atoms with Gasteiger partial charge in [0.15, 0.2) is 5.78 Å². The lowest BCUT2D eigenvalue weighted by Gasteiger charge is -2.30. The Labute approximate surface area is 196 Å². The minimum absolute atomic E-state index is 0.0361. The number of anilines is 1. The highest BCUT2D eigenvalue weighted by molar-refractivity contribution is 6.23. The first-order valence-corrected chi connectivity index (χ1v) is 11.4. The van der Waals surface area contributed by atoms with Gasteiger partial charge in [-0.05, 0) is 55.7 Å². The van der Waals surface area contributed by atoms with E-state index in [0.717, 1.165) is 17.7 Å². The van der Waals surface area contributed by atoms with E-state index in [4.69, 9.17) is 14.3 Å². The van der Waals surface area contributed by atoms with Gasteiger partial charge in [-0.1, -0.05) is 5.16 Å². The van der Waals surface area contributed by atoms with E-state index in [-0.39, 0.29) is 41.5 Å². The molecule has 6 atom stereocenters. The van der Waals surface area contributed by atoms with Crippen molar-refractivity contribution < 1.29 is 28.7 Å². The van der Waals surface area contributed by atoms with Crippen LogP contribution in [0.3, 0.4) is 0 Å². The molecule has 2 aliphatic heterocycles. The summed E-state index contributed by atoms with van der Waals surface area (Å²) < 4.78 is 10.9. The van der Waals surface area contributed by atoms with E-state index in [1.165, 1.54) is 11.8 Å². The van der Waals surface area contributed by atoms with Gasteiger partial charge >= 0.3 is 0 Å². The minimum Gasteiger partial charge on any atom is -0.497 e. The normalized spacial score (nSPS) is 30.7. The predicted molar refractivity (Wildman–Crippen MR) is 122 cm³/mol. The van der Waals surface area contributed by atoms with Gasteiger partial charge in [-0.3, -0.25) is 19.3 Å². The van der Waals surface area contributed by atoms with E-state index in [1.54, 1.807) is 44.6 Å². The second-order valence-electron chi connectivity index (χ2n) is 9.37. The molecule has 174 valence electrons. The number of rotatable bonds is 5. The number of fused-ring (bicyclic) bond motifs is 8. The molecule has 2 amide bonds. The lowest BCUT2D eigenvalue weighted by molar-refractivity contribution is -0.125. The molecule has 1 saturated heterocycles. The molecule has 2 aromatic carbocycles. The number of benzene rings is 2. The summed E-state index contributed by atoms with van der Waals surface area (Å²) in [4.78, 5) is 45.8. The monoisotopic (exact) mass is 460 g/mol. The van der Waals surface area contributed by atoms with E-state index in [9.17, 15) is 14.4 Å². The Bertz CT molecular complexity index is 1250. The number of carbonyl (C=O) groups is 3. The summed E-state index contributed by atoms with van der Waals surface area (Å²) >= 11 is 0. The van der Waals surface area contributed by atoms with E-state index in [2.05, 4.69) is 5.16 Å². The van der Waals surface area contributed by atoms with Crippen LogP contribution in [0.2, 0.25) is 0 Å². The Morgan fingerprint density at radius 1 is 0.971 bits per heavy atom. The third-order valence-electron chi connectivity index (χ3n) is 7.91. The molecule has 8 nitrogen and oxygen atoms in total. The van der Waals surface area contributed by atoms with Gasteiger partial charge in [-0.15, -0.1) is 0 Å². The van der Waals surface area contributed by atoms with Crippen molar-refractivity contribution in [1.29, 1.82) is 0 Å². The number of carbonyl (C=O) groups excluding carboxylic acids is 3. The van der Waals surface area contributed by atoms with E-state index >= 15 is 0 Å². The van der Waals surface area contributed by atoms with Crippen molar-refractivity contribution in [3.05, 3.63) is 53.6 Å². The van der Waals surface area contributed by atoms with Crippen LogP contribution in [0, 0.1) is 29.6 Å². The van der Waals surface area contributed by atoms with Gasteiger partial charge in [0.25, 0.3) is 0 Å². The summed E-state index contributed by atoms with van der Waals surface area (Å²) in [5.41, 5.74) is 2.62. The SMILES string of the molecule is COc1ccc(C2=NO[C@@H]3[C@H]4C[C@H]([C@H]5C(=O)N(c6ccc(C(C)=O)cc6)C(=O)[C@@H]45)[C@H]23)c(OC)c1. The first-order chi connectivity index (χ1) is 16.4. The number of ether oxygens (including phenoxy) is 2. The number of nitrogens with zero attached hydrogens (tertiary/aromatic N) is 2. The molecule has 0 unspecified atom stereocenters. The second-order valence-corrected chi connectivity index (χ2v) is 9.37. The smallest absolute Gasteiger partial charge is 0.238 e. The molecule has 8 heteroatoms. The molecular formula is C26H24N2O6. The van der Waals surface area contributed by atoms with E-state index in [1.807, 2.05) is 12.1 Å². The third kappa shape index (κ3) is 2.71. The first kappa shape index (κ1) is 20.9. The summed E-state index contributed by atoms with van der Waals surface area (Å²) in [7, 11) is 3.19. The summed E-state index contributed by atoms with van der Waals surface area (Å²) in [5, 5.41) is 4.40. The maximum Gasteiger partial charge on any atom is 0.238 e. The number of ketones is 1. The molecule has 0 N–H and O–H groups in total. The molecule has 2 saturated carbocycles. The number of Topliss-reactive ketones (excluding diaryl/α,β-unsaturated/α-hetero) is 1. The van der Waals surface area contributed by atoms with Crippen LogP contribution in [-0.2, 0) is 14.4 Å². The average molecular weight is 460 g/mol. The summed E-state index contributed by atoms with van der Waals surface area (Å²) in [6.07, 6.45) is 0.529. The number of amides is 2. The Balaban J connectivity index is 1.32. The van der Waals surface area contributed by atoms with Crippen molar-refractivity contribution in [2.75, 3.05) is 19.1 Å². The highest BCUT2D eigenvalue weighted by Gasteiger charge is 2.70. The highest BCUT2D eigenvalue weighted by Crippen LogP contribution is 2.62. The molecule has 2 aromatic rings. The maximum absolute atomic E-state index is 13.6. The zero-order chi connectivity index (χ0) is 23.7. The number of imide groups is 1. The van der Waals surface area contributed by atoms with Crippen molar-refractivity contribution in [2.24, 2.45) is 34.7 Å².